The summed E-state index contributed by atoms with van der Waals surface area (Å²) in [6.45, 7) is 0. The maximum Gasteiger partial charge on any atom is 0.292 e. The normalized spacial score (nSPS) is 15.6. The number of rotatable bonds is 2. The number of benzene rings is 1. The van der Waals surface area contributed by atoms with Gasteiger partial charge in [-0.2, -0.15) is 0 Å². The number of allylic oxidation sites excluding steroid dienone is 2. The predicted molar refractivity (Wildman–Crippen MR) is 64.0 cm³/mol. The topological polar surface area (TPSA) is 69.2 Å². The van der Waals surface area contributed by atoms with Gasteiger partial charge in [0, 0.05) is 6.07 Å². The van der Waals surface area contributed by atoms with Gasteiger partial charge in [-0.05, 0) is 49.0 Å². The summed E-state index contributed by atoms with van der Waals surface area (Å²) in [5, 5.41) is 10.6. The van der Waals surface area contributed by atoms with Crippen molar-refractivity contribution in [1.82, 2.24) is 0 Å². The van der Waals surface area contributed by atoms with E-state index in [0.29, 0.717) is 0 Å². The highest BCUT2D eigenvalue weighted by molar-refractivity contribution is 5.72. The molecule has 0 unspecified atom stereocenters. The quantitative estimate of drug-likeness (QED) is 0.471. The summed E-state index contributed by atoms with van der Waals surface area (Å²) in [6.07, 6.45) is 6.74. The molecule has 1 aliphatic rings. The minimum absolute atomic E-state index is 0.0137. The fourth-order valence-corrected chi connectivity index (χ4v) is 2.02. The van der Waals surface area contributed by atoms with Crippen LogP contribution in [0.25, 0.3) is 5.57 Å². The van der Waals surface area contributed by atoms with E-state index in [1.807, 2.05) is 0 Å². The average molecular weight is 218 g/mol. The van der Waals surface area contributed by atoms with Crippen molar-refractivity contribution in [3.05, 3.63) is 40.0 Å². The van der Waals surface area contributed by atoms with Crippen molar-refractivity contribution in [2.45, 2.75) is 25.7 Å². The van der Waals surface area contributed by atoms with Gasteiger partial charge in [0.15, 0.2) is 0 Å². The molecule has 0 fully saturated rings. The molecule has 0 saturated carbocycles. The van der Waals surface area contributed by atoms with Crippen molar-refractivity contribution >= 4 is 16.9 Å². The predicted octanol–water partition coefficient (Wildman–Crippen LogP) is 3.13. The fraction of sp³-hybridized carbons (Fsp3) is 0.333. The summed E-state index contributed by atoms with van der Waals surface area (Å²) in [5.41, 5.74) is 8.16. The van der Waals surface area contributed by atoms with Crippen molar-refractivity contribution in [2.24, 2.45) is 0 Å². The Labute approximate surface area is 93.9 Å². The maximum absolute atomic E-state index is 10.6. The smallest absolute Gasteiger partial charge is 0.292 e. The van der Waals surface area contributed by atoms with Gasteiger partial charge in [0.1, 0.15) is 5.69 Å². The molecule has 2 rings (SSSR count). The van der Waals surface area contributed by atoms with Crippen LogP contribution in [0.5, 0.6) is 0 Å². The lowest BCUT2D eigenvalue weighted by Crippen LogP contribution is -1.98. The van der Waals surface area contributed by atoms with E-state index in [9.17, 15) is 10.1 Å². The van der Waals surface area contributed by atoms with Gasteiger partial charge in [0.05, 0.1) is 4.92 Å². The third-order valence-electron chi connectivity index (χ3n) is 2.89. The lowest BCUT2D eigenvalue weighted by atomic mass is 9.93. The Hall–Kier alpha value is -1.84. The zero-order chi connectivity index (χ0) is 11.5. The molecule has 0 bridgehead atoms. The maximum atomic E-state index is 10.6. The Morgan fingerprint density at radius 2 is 2.12 bits per heavy atom. The number of hydrogen-bond acceptors (Lipinski definition) is 3. The summed E-state index contributed by atoms with van der Waals surface area (Å²) in [6, 6.07) is 4.97. The van der Waals surface area contributed by atoms with Crippen LogP contribution in [0.1, 0.15) is 31.2 Å². The first kappa shape index (κ1) is 10.7. The minimum Gasteiger partial charge on any atom is -0.393 e. The minimum atomic E-state index is -0.450. The van der Waals surface area contributed by atoms with Gasteiger partial charge < -0.3 is 5.73 Å². The van der Waals surface area contributed by atoms with E-state index in [2.05, 4.69) is 6.08 Å². The molecule has 0 aliphatic heterocycles. The van der Waals surface area contributed by atoms with Gasteiger partial charge in [-0.3, -0.25) is 10.1 Å². The van der Waals surface area contributed by atoms with Crippen molar-refractivity contribution in [2.75, 3.05) is 5.73 Å². The molecule has 0 atom stereocenters. The zero-order valence-electron chi connectivity index (χ0n) is 8.98. The summed E-state index contributed by atoms with van der Waals surface area (Å²) >= 11 is 0. The van der Waals surface area contributed by atoms with E-state index in [-0.39, 0.29) is 11.4 Å². The lowest BCUT2D eigenvalue weighted by Gasteiger charge is -2.13. The SMILES string of the molecule is Nc1cc(C2=CCCCC2)ccc1[N+](=O)[O-]. The Balaban J connectivity index is 2.33. The molecule has 0 amide bonds. The molecule has 4 heteroatoms. The number of anilines is 1. The van der Waals surface area contributed by atoms with Crippen LogP contribution in [0.3, 0.4) is 0 Å². The van der Waals surface area contributed by atoms with Crippen molar-refractivity contribution in [3.63, 3.8) is 0 Å². The number of nitro benzene ring substituents is 1. The molecule has 4 nitrogen and oxygen atoms in total. The average Bonchev–Trinajstić information content (AvgIpc) is 2.29. The first-order valence-corrected chi connectivity index (χ1v) is 5.42. The first-order chi connectivity index (χ1) is 7.68. The largest absolute Gasteiger partial charge is 0.393 e. The highest BCUT2D eigenvalue weighted by atomic mass is 16.6. The van der Waals surface area contributed by atoms with Crippen LogP contribution in [0.15, 0.2) is 24.3 Å². The van der Waals surface area contributed by atoms with Crippen LogP contribution in [0, 0.1) is 10.1 Å². The second kappa shape index (κ2) is 4.35. The number of nitro groups is 1. The molecule has 1 aliphatic carbocycles. The Kier molecular flexibility index (Phi) is 2.90. The summed E-state index contributed by atoms with van der Waals surface area (Å²) in [4.78, 5) is 10.2. The molecule has 0 aromatic heterocycles. The van der Waals surface area contributed by atoms with Gasteiger partial charge in [0.25, 0.3) is 5.69 Å². The highest BCUT2D eigenvalue weighted by Crippen LogP contribution is 2.30. The molecule has 2 N–H and O–H groups in total. The third-order valence-corrected chi connectivity index (χ3v) is 2.89. The Bertz CT molecular complexity index is 452. The molecule has 1 aromatic rings. The van der Waals surface area contributed by atoms with Crippen molar-refractivity contribution in [3.8, 4) is 0 Å². The van der Waals surface area contributed by atoms with Gasteiger partial charge in [-0.15, -0.1) is 0 Å². The van der Waals surface area contributed by atoms with E-state index in [0.717, 1.165) is 18.4 Å². The molecular formula is C12H14N2O2. The fourth-order valence-electron chi connectivity index (χ4n) is 2.02. The molecule has 16 heavy (non-hydrogen) atoms. The number of nitrogens with two attached hydrogens (primary N) is 1. The van der Waals surface area contributed by atoms with E-state index in [1.165, 1.54) is 24.5 Å². The van der Waals surface area contributed by atoms with Crippen LogP contribution in [-0.2, 0) is 0 Å². The summed E-state index contributed by atoms with van der Waals surface area (Å²) in [7, 11) is 0. The second-order valence-corrected chi connectivity index (χ2v) is 4.01. The third kappa shape index (κ3) is 2.05. The molecule has 0 radical (unpaired) electrons. The number of nitrogens with zero attached hydrogens (tertiary/aromatic N) is 1. The van der Waals surface area contributed by atoms with Crippen LogP contribution < -0.4 is 5.73 Å². The summed E-state index contributed by atoms with van der Waals surface area (Å²) in [5.74, 6) is 0. The molecule has 1 aromatic carbocycles. The number of hydrogen-bond donors (Lipinski definition) is 1. The van der Waals surface area contributed by atoms with Crippen LogP contribution >= 0.6 is 0 Å². The monoisotopic (exact) mass is 218 g/mol. The molecular weight excluding hydrogens is 204 g/mol. The van der Waals surface area contributed by atoms with Crippen LogP contribution in [-0.4, -0.2) is 4.92 Å². The van der Waals surface area contributed by atoms with Gasteiger partial charge in [-0.25, -0.2) is 0 Å². The van der Waals surface area contributed by atoms with E-state index < -0.39 is 4.92 Å². The Morgan fingerprint density at radius 1 is 1.31 bits per heavy atom. The van der Waals surface area contributed by atoms with Crippen molar-refractivity contribution in [1.29, 1.82) is 0 Å². The lowest BCUT2D eigenvalue weighted by molar-refractivity contribution is -0.383. The highest BCUT2D eigenvalue weighted by Gasteiger charge is 2.13. The summed E-state index contributed by atoms with van der Waals surface area (Å²) < 4.78 is 0. The van der Waals surface area contributed by atoms with Gasteiger partial charge in [0.2, 0.25) is 0 Å². The van der Waals surface area contributed by atoms with Gasteiger partial charge in [-0.1, -0.05) is 6.08 Å². The van der Waals surface area contributed by atoms with Crippen molar-refractivity contribution < 1.29 is 4.92 Å². The van der Waals surface area contributed by atoms with E-state index in [1.54, 1.807) is 12.1 Å². The zero-order valence-corrected chi connectivity index (χ0v) is 8.98. The first-order valence-electron chi connectivity index (χ1n) is 5.42. The van der Waals surface area contributed by atoms with Gasteiger partial charge >= 0.3 is 0 Å². The second-order valence-electron chi connectivity index (χ2n) is 4.01. The van der Waals surface area contributed by atoms with E-state index >= 15 is 0 Å². The molecule has 0 spiro atoms. The Morgan fingerprint density at radius 3 is 2.69 bits per heavy atom. The molecule has 0 saturated heterocycles. The standard InChI is InChI=1S/C12H14N2O2/c13-11-8-10(6-7-12(11)14(15)16)9-4-2-1-3-5-9/h4,6-8H,1-3,5,13H2. The number of nitrogen functional groups attached to an aromatic ring is 1. The van der Waals surface area contributed by atoms with Crippen LogP contribution in [0.4, 0.5) is 11.4 Å². The molecule has 84 valence electrons. The van der Waals surface area contributed by atoms with Crippen LogP contribution in [0.2, 0.25) is 0 Å². The molecule has 0 heterocycles. The van der Waals surface area contributed by atoms with E-state index in [4.69, 9.17) is 5.73 Å².